The third-order valence-electron chi connectivity index (χ3n) is 2.97. The Morgan fingerprint density at radius 1 is 1.37 bits per heavy atom. The smallest absolute Gasteiger partial charge is 0.137 e. The van der Waals surface area contributed by atoms with Crippen LogP contribution in [0.5, 0.6) is 0 Å². The fraction of sp³-hybridized carbons (Fsp3) is 0.333. The summed E-state index contributed by atoms with van der Waals surface area (Å²) in [4.78, 5) is 0.644. The van der Waals surface area contributed by atoms with Crippen LogP contribution in [0.2, 0.25) is 0 Å². The Hall–Kier alpha value is -1.26. The molecule has 2 rings (SSSR count). The van der Waals surface area contributed by atoms with E-state index in [0.717, 1.165) is 24.2 Å². The zero-order chi connectivity index (χ0) is 13.7. The van der Waals surface area contributed by atoms with Crippen LogP contribution < -0.4 is 5.73 Å². The summed E-state index contributed by atoms with van der Waals surface area (Å²) in [5, 5.41) is 0. The summed E-state index contributed by atoms with van der Waals surface area (Å²) in [7, 11) is 0. The molecule has 19 heavy (non-hydrogen) atoms. The van der Waals surface area contributed by atoms with Gasteiger partial charge in [0.1, 0.15) is 11.6 Å². The van der Waals surface area contributed by atoms with Crippen LogP contribution in [0.3, 0.4) is 0 Å². The molecule has 0 amide bonds. The molecule has 1 aromatic heterocycles. The van der Waals surface area contributed by atoms with Gasteiger partial charge in [-0.05, 0) is 42.7 Å². The molecule has 2 aromatic rings. The van der Waals surface area contributed by atoms with Gasteiger partial charge in [0.25, 0.3) is 0 Å². The molecule has 1 unspecified atom stereocenters. The second-order valence-corrected chi connectivity index (χ2v) is 5.52. The summed E-state index contributed by atoms with van der Waals surface area (Å²) < 4.78 is 19.2. The van der Waals surface area contributed by atoms with Gasteiger partial charge >= 0.3 is 0 Å². The fourth-order valence-electron chi connectivity index (χ4n) is 1.78. The van der Waals surface area contributed by atoms with E-state index >= 15 is 0 Å². The lowest BCUT2D eigenvalue weighted by atomic mass is 10.0. The van der Waals surface area contributed by atoms with E-state index in [9.17, 15) is 4.39 Å². The highest BCUT2D eigenvalue weighted by molar-refractivity contribution is 7.98. The van der Waals surface area contributed by atoms with Crippen molar-refractivity contribution in [3.05, 3.63) is 53.7 Å². The number of nitrogens with two attached hydrogens (primary N) is 1. The largest absolute Gasteiger partial charge is 0.468 e. The van der Waals surface area contributed by atoms with Crippen molar-refractivity contribution in [1.29, 1.82) is 0 Å². The Bertz CT molecular complexity index is 513. The minimum absolute atomic E-state index is 0.0982. The number of hydrogen-bond acceptors (Lipinski definition) is 3. The predicted octanol–water partition coefficient (Wildman–Crippen LogP) is 3.99. The van der Waals surface area contributed by atoms with Gasteiger partial charge in [-0.2, -0.15) is 0 Å². The Kier molecular flexibility index (Phi) is 5.05. The van der Waals surface area contributed by atoms with Gasteiger partial charge in [-0.25, -0.2) is 4.39 Å². The molecule has 0 saturated heterocycles. The Labute approximate surface area is 117 Å². The van der Waals surface area contributed by atoms with Crippen LogP contribution in [-0.4, -0.2) is 6.04 Å². The molecule has 0 aliphatic heterocycles. The summed E-state index contributed by atoms with van der Waals surface area (Å²) in [5.74, 6) is 1.30. The van der Waals surface area contributed by atoms with E-state index in [1.165, 1.54) is 11.8 Å². The Morgan fingerprint density at radius 2 is 2.21 bits per heavy atom. The average Bonchev–Trinajstić information content (AvgIpc) is 2.91. The normalized spacial score (nSPS) is 12.6. The molecule has 2 N–H and O–H groups in total. The van der Waals surface area contributed by atoms with Gasteiger partial charge < -0.3 is 10.2 Å². The molecular formula is C15H18FNOS. The maximum Gasteiger partial charge on any atom is 0.137 e. The lowest BCUT2D eigenvalue weighted by molar-refractivity contribution is 0.530. The van der Waals surface area contributed by atoms with Gasteiger partial charge in [-0.1, -0.05) is 13.0 Å². The van der Waals surface area contributed by atoms with Crippen molar-refractivity contribution in [2.45, 2.75) is 36.5 Å². The summed E-state index contributed by atoms with van der Waals surface area (Å²) in [6.07, 6.45) is 3.24. The molecule has 4 heteroatoms. The monoisotopic (exact) mass is 279 g/mol. The molecule has 0 aliphatic rings. The Morgan fingerprint density at radius 3 is 2.84 bits per heavy atom. The van der Waals surface area contributed by atoms with Crippen LogP contribution in [0.15, 0.2) is 45.9 Å². The first-order valence-electron chi connectivity index (χ1n) is 6.38. The molecule has 1 atom stereocenters. The molecule has 0 aliphatic carbocycles. The second-order valence-electron chi connectivity index (χ2n) is 4.51. The molecule has 0 bridgehead atoms. The highest BCUT2D eigenvalue weighted by Crippen LogP contribution is 2.26. The molecule has 2 nitrogen and oxygen atoms in total. The first kappa shape index (κ1) is 14.2. The molecular weight excluding hydrogens is 261 g/mol. The van der Waals surface area contributed by atoms with Crippen molar-refractivity contribution in [2.24, 2.45) is 5.73 Å². The van der Waals surface area contributed by atoms with Gasteiger partial charge in [0.15, 0.2) is 0 Å². The number of thioether (sulfide) groups is 1. The van der Waals surface area contributed by atoms with E-state index in [0.29, 0.717) is 10.6 Å². The van der Waals surface area contributed by atoms with Crippen molar-refractivity contribution in [2.75, 3.05) is 0 Å². The second kappa shape index (κ2) is 6.78. The summed E-state index contributed by atoms with van der Waals surface area (Å²) in [6, 6.07) is 9.17. The van der Waals surface area contributed by atoms with Crippen LogP contribution in [0, 0.1) is 5.82 Å². The standard InChI is InChI=1S/C15H18FNOS/c1-2-12(17)8-11-5-6-15(14(16)9-11)19-10-13-4-3-7-18-13/h3-7,9,12H,2,8,10,17H2,1H3. The maximum atomic E-state index is 13.9. The van der Waals surface area contributed by atoms with Gasteiger partial charge in [0.2, 0.25) is 0 Å². The molecule has 0 saturated carbocycles. The van der Waals surface area contributed by atoms with Crippen LogP contribution in [0.1, 0.15) is 24.7 Å². The first-order valence-corrected chi connectivity index (χ1v) is 7.36. The zero-order valence-corrected chi connectivity index (χ0v) is 11.8. The van der Waals surface area contributed by atoms with E-state index in [1.54, 1.807) is 12.3 Å². The number of rotatable bonds is 6. The van der Waals surface area contributed by atoms with Crippen LogP contribution in [0.25, 0.3) is 0 Å². The van der Waals surface area contributed by atoms with Gasteiger partial charge in [0.05, 0.1) is 12.0 Å². The van der Waals surface area contributed by atoms with Crippen molar-refractivity contribution in [1.82, 2.24) is 0 Å². The number of halogens is 1. The quantitative estimate of drug-likeness (QED) is 0.813. The molecule has 0 fully saturated rings. The first-order chi connectivity index (χ1) is 9.19. The minimum atomic E-state index is -0.183. The highest BCUT2D eigenvalue weighted by atomic mass is 32.2. The molecule has 1 aromatic carbocycles. The maximum absolute atomic E-state index is 13.9. The summed E-state index contributed by atoms with van der Waals surface area (Å²) in [5.41, 5.74) is 6.83. The van der Waals surface area contributed by atoms with E-state index < -0.39 is 0 Å². The van der Waals surface area contributed by atoms with Crippen molar-refractivity contribution < 1.29 is 8.81 Å². The lowest BCUT2D eigenvalue weighted by Gasteiger charge is -2.10. The zero-order valence-electron chi connectivity index (χ0n) is 10.9. The van der Waals surface area contributed by atoms with Crippen LogP contribution >= 0.6 is 11.8 Å². The van der Waals surface area contributed by atoms with Crippen LogP contribution in [0.4, 0.5) is 4.39 Å². The van der Waals surface area contributed by atoms with E-state index in [1.807, 2.05) is 31.2 Å². The summed E-state index contributed by atoms with van der Waals surface area (Å²) >= 11 is 1.44. The number of hydrogen-bond donors (Lipinski definition) is 1. The fourth-order valence-corrected chi connectivity index (χ4v) is 2.60. The van der Waals surface area contributed by atoms with Crippen molar-refractivity contribution in [3.63, 3.8) is 0 Å². The minimum Gasteiger partial charge on any atom is -0.468 e. The van der Waals surface area contributed by atoms with E-state index in [4.69, 9.17) is 10.2 Å². The van der Waals surface area contributed by atoms with E-state index in [-0.39, 0.29) is 11.9 Å². The van der Waals surface area contributed by atoms with Gasteiger partial charge in [-0.3, -0.25) is 0 Å². The third kappa shape index (κ3) is 4.11. The number of furan rings is 1. The third-order valence-corrected chi connectivity index (χ3v) is 4.04. The molecule has 0 radical (unpaired) electrons. The van der Waals surface area contributed by atoms with Crippen LogP contribution in [-0.2, 0) is 12.2 Å². The SMILES string of the molecule is CCC(N)Cc1ccc(SCc2ccco2)c(F)c1. The van der Waals surface area contributed by atoms with E-state index in [2.05, 4.69) is 0 Å². The molecule has 102 valence electrons. The lowest BCUT2D eigenvalue weighted by Crippen LogP contribution is -2.21. The summed E-state index contributed by atoms with van der Waals surface area (Å²) in [6.45, 7) is 2.04. The molecule has 0 spiro atoms. The topological polar surface area (TPSA) is 39.2 Å². The van der Waals surface area contributed by atoms with Crippen molar-refractivity contribution in [3.8, 4) is 0 Å². The van der Waals surface area contributed by atoms with Gasteiger partial charge in [0, 0.05) is 10.9 Å². The average molecular weight is 279 g/mol. The van der Waals surface area contributed by atoms with Gasteiger partial charge in [-0.15, -0.1) is 11.8 Å². The highest BCUT2D eigenvalue weighted by Gasteiger charge is 2.08. The number of benzene rings is 1. The molecule has 1 heterocycles. The Balaban J connectivity index is 1.98. The predicted molar refractivity (Wildman–Crippen MR) is 76.6 cm³/mol. The van der Waals surface area contributed by atoms with Crippen molar-refractivity contribution >= 4 is 11.8 Å².